The highest BCUT2D eigenvalue weighted by Crippen LogP contribution is 2.25. The molecule has 0 spiro atoms. The molecule has 0 aromatic carbocycles. The monoisotopic (exact) mass is 204 g/mol. The summed E-state index contributed by atoms with van der Waals surface area (Å²) in [6, 6.07) is 1.64. The molecule has 0 aliphatic carbocycles. The third-order valence-corrected chi connectivity index (χ3v) is 1.91. The molecule has 0 unspecified atom stereocenters. The number of nitrogens with zero attached hydrogens (tertiary/aromatic N) is 1. The molecule has 1 aromatic rings. The van der Waals surface area contributed by atoms with Gasteiger partial charge in [-0.3, -0.25) is 4.98 Å². The Morgan fingerprint density at radius 3 is 2.42 bits per heavy atom. The Bertz CT molecular complexity index is 292. The van der Waals surface area contributed by atoms with Crippen LogP contribution in [0.5, 0.6) is 0 Å². The van der Waals surface area contributed by atoms with Gasteiger partial charge in [-0.15, -0.1) is 0 Å². The summed E-state index contributed by atoms with van der Waals surface area (Å²) >= 11 is 11.6. The normalized spacial score (nSPS) is 11.8. The maximum Gasteiger partial charge on any atom is 0.0783 e. The van der Waals surface area contributed by atoms with E-state index in [0.29, 0.717) is 15.7 Å². The van der Waals surface area contributed by atoms with Crippen LogP contribution in [0.25, 0.3) is 0 Å². The van der Waals surface area contributed by atoms with Gasteiger partial charge in [-0.05, 0) is 19.9 Å². The highest BCUT2D eigenvalue weighted by atomic mass is 35.5. The predicted octanol–water partition coefficient (Wildman–Crippen LogP) is 2.58. The maximum atomic E-state index is 5.89. The van der Waals surface area contributed by atoms with Crippen LogP contribution in [0.15, 0.2) is 12.3 Å². The quantitative estimate of drug-likeness (QED) is 0.765. The van der Waals surface area contributed by atoms with Crippen molar-refractivity contribution >= 4 is 23.2 Å². The second-order valence-corrected chi connectivity index (χ2v) is 4.05. The minimum absolute atomic E-state index is 0.509. The highest BCUT2D eigenvalue weighted by molar-refractivity contribution is 6.34. The van der Waals surface area contributed by atoms with Gasteiger partial charge >= 0.3 is 0 Å². The first kappa shape index (κ1) is 9.78. The molecule has 4 heteroatoms. The number of nitrogens with two attached hydrogens (primary N) is 1. The predicted molar refractivity (Wildman–Crippen MR) is 51.5 cm³/mol. The Morgan fingerprint density at radius 2 is 2.00 bits per heavy atom. The minimum atomic E-state index is -0.526. The summed E-state index contributed by atoms with van der Waals surface area (Å²) in [5.41, 5.74) is 5.95. The molecule has 1 aromatic heterocycles. The largest absolute Gasteiger partial charge is 0.321 e. The summed E-state index contributed by atoms with van der Waals surface area (Å²) in [7, 11) is 0. The third kappa shape index (κ3) is 2.09. The van der Waals surface area contributed by atoms with Gasteiger partial charge in [0.05, 0.1) is 21.3 Å². The molecule has 0 fully saturated rings. The van der Waals surface area contributed by atoms with Crippen LogP contribution in [0.3, 0.4) is 0 Å². The fourth-order valence-corrected chi connectivity index (χ4v) is 1.51. The second-order valence-electron chi connectivity index (χ2n) is 3.21. The first-order valence-electron chi connectivity index (χ1n) is 3.51. The van der Waals surface area contributed by atoms with Crippen molar-refractivity contribution in [1.29, 1.82) is 0 Å². The molecular weight excluding hydrogens is 195 g/mol. The molecule has 0 aliphatic rings. The van der Waals surface area contributed by atoms with Crippen LogP contribution in [0, 0.1) is 0 Å². The molecule has 0 saturated carbocycles. The summed E-state index contributed by atoms with van der Waals surface area (Å²) in [6.45, 7) is 3.68. The van der Waals surface area contributed by atoms with Gasteiger partial charge in [-0.1, -0.05) is 23.2 Å². The molecule has 2 nitrogen and oxygen atoms in total. The fourth-order valence-electron chi connectivity index (χ4n) is 0.889. The van der Waals surface area contributed by atoms with Gasteiger partial charge in [0.2, 0.25) is 0 Å². The third-order valence-electron chi connectivity index (χ3n) is 1.42. The molecule has 0 saturated heterocycles. The van der Waals surface area contributed by atoms with E-state index in [1.165, 1.54) is 6.20 Å². The highest BCUT2D eigenvalue weighted by Gasteiger charge is 2.19. The summed E-state index contributed by atoms with van der Waals surface area (Å²) in [6.07, 6.45) is 1.54. The zero-order chi connectivity index (χ0) is 9.35. The van der Waals surface area contributed by atoms with E-state index in [2.05, 4.69) is 4.98 Å². The van der Waals surface area contributed by atoms with Crippen LogP contribution in [0.1, 0.15) is 19.5 Å². The van der Waals surface area contributed by atoms with Gasteiger partial charge in [0, 0.05) is 6.20 Å². The van der Waals surface area contributed by atoms with Crippen molar-refractivity contribution in [3.8, 4) is 0 Å². The van der Waals surface area contributed by atoms with Crippen molar-refractivity contribution in [1.82, 2.24) is 4.98 Å². The second kappa shape index (κ2) is 3.21. The lowest BCUT2D eigenvalue weighted by molar-refractivity contribution is 0.535. The van der Waals surface area contributed by atoms with E-state index in [9.17, 15) is 0 Å². The number of aromatic nitrogens is 1. The molecule has 0 amide bonds. The summed E-state index contributed by atoms with van der Waals surface area (Å²) in [4.78, 5) is 4.06. The van der Waals surface area contributed by atoms with Crippen molar-refractivity contribution in [3.05, 3.63) is 28.0 Å². The summed E-state index contributed by atoms with van der Waals surface area (Å²) in [5.74, 6) is 0. The van der Waals surface area contributed by atoms with Crippen LogP contribution in [-0.2, 0) is 5.54 Å². The van der Waals surface area contributed by atoms with Gasteiger partial charge in [-0.25, -0.2) is 0 Å². The van der Waals surface area contributed by atoms with Crippen molar-refractivity contribution in [2.45, 2.75) is 19.4 Å². The van der Waals surface area contributed by atoms with E-state index in [4.69, 9.17) is 28.9 Å². The van der Waals surface area contributed by atoms with E-state index in [1.807, 2.05) is 13.8 Å². The molecule has 0 aliphatic heterocycles. The van der Waals surface area contributed by atoms with Crippen LogP contribution in [-0.4, -0.2) is 4.98 Å². The van der Waals surface area contributed by atoms with Crippen LogP contribution in [0.2, 0.25) is 10.0 Å². The summed E-state index contributed by atoms with van der Waals surface area (Å²) in [5, 5.41) is 1.03. The van der Waals surface area contributed by atoms with Gasteiger partial charge in [0.15, 0.2) is 0 Å². The topological polar surface area (TPSA) is 38.9 Å². The van der Waals surface area contributed by atoms with Gasteiger partial charge in [0.1, 0.15) is 0 Å². The van der Waals surface area contributed by atoms with Crippen molar-refractivity contribution in [2.75, 3.05) is 0 Å². The van der Waals surface area contributed by atoms with Gasteiger partial charge < -0.3 is 5.73 Å². The molecule has 66 valence electrons. The van der Waals surface area contributed by atoms with Gasteiger partial charge in [0.25, 0.3) is 0 Å². The zero-order valence-corrected chi connectivity index (χ0v) is 8.45. The number of pyridine rings is 1. The molecule has 1 rings (SSSR count). The maximum absolute atomic E-state index is 5.89. The molecule has 0 bridgehead atoms. The lowest BCUT2D eigenvalue weighted by Gasteiger charge is -2.18. The SMILES string of the molecule is CC(C)(N)c1ncc(Cl)cc1Cl. The number of rotatable bonds is 1. The summed E-state index contributed by atoms with van der Waals surface area (Å²) < 4.78 is 0. The Morgan fingerprint density at radius 1 is 1.42 bits per heavy atom. The number of halogens is 2. The molecule has 0 radical (unpaired) electrons. The van der Waals surface area contributed by atoms with Gasteiger partial charge in [-0.2, -0.15) is 0 Å². The van der Waals surface area contributed by atoms with E-state index in [0.717, 1.165) is 0 Å². The van der Waals surface area contributed by atoms with E-state index < -0.39 is 5.54 Å². The molecule has 12 heavy (non-hydrogen) atoms. The average molecular weight is 205 g/mol. The number of hydrogen-bond donors (Lipinski definition) is 1. The Hall–Kier alpha value is -0.310. The van der Waals surface area contributed by atoms with Crippen molar-refractivity contribution in [3.63, 3.8) is 0 Å². The average Bonchev–Trinajstić information content (AvgIpc) is 1.83. The van der Waals surface area contributed by atoms with E-state index in [-0.39, 0.29) is 0 Å². The van der Waals surface area contributed by atoms with E-state index in [1.54, 1.807) is 6.07 Å². The molecule has 0 atom stereocenters. The fraction of sp³-hybridized carbons (Fsp3) is 0.375. The van der Waals surface area contributed by atoms with Crippen LogP contribution < -0.4 is 5.73 Å². The number of hydrogen-bond acceptors (Lipinski definition) is 2. The Labute approximate surface area is 81.7 Å². The van der Waals surface area contributed by atoms with Crippen molar-refractivity contribution < 1.29 is 0 Å². The minimum Gasteiger partial charge on any atom is -0.321 e. The van der Waals surface area contributed by atoms with Crippen molar-refractivity contribution in [2.24, 2.45) is 5.73 Å². The molecule has 1 heterocycles. The first-order chi connectivity index (χ1) is 5.41. The lowest BCUT2D eigenvalue weighted by Crippen LogP contribution is -2.30. The molecule has 2 N–H and O–H groups in total. The smallest absolute Gasteiger partial charge is 0.0783 e. The van der Waals surface area contributed by atoms with E-state index >= 15 is 0 Å². The lowest BCUT2D eigenvalue weighted by atomic mass is 10.0. The molecular formula is C8H10Cl2N2. The standard InChI is InChI=1S/C8H10Cl2N2/c1-8(2,11)7-6(10)3-5(9)4-12-7/h3-4H,11H2,1-2H3. The first-order valence-corrected chi connectivity index (χ1v) is 4.27. The zero-order valence-electron chi connectivity index (χ0n) is 6.94. The Balaban J connectivity index is 3.19. The van der Waals surface area contributed by atoms with Crippen LogP contribution >= 0.6 is 23.2 Å². The Kier molecular flexibility index (Phi) is 2.61. The van der Waals surface area contributed by atoms with Crippen LogP contribution in [0.4, 0.5) is 0 Å².